The molecule has 1 aromatic carbocycles. The minimum atomic E-state index is -0.542. The number of nitrogens with zero attached hydrogens (tertiary/aromatic N) is 2. The van der Waals surface area contributed by atoms with Gasteiger partial charge in [-0.2, -0.15) is 0 Å². The highest BCUT2D eigenvalue weighted by Gasteiger charge is 2.26. The average Bonchev–Trinajstić information content (AvgIpc) is 3.38. The third-order valence-electron chi connectivity index (χ3n) is 4.96. The van der Waals surface area contributed by atoms with E-state index in [1.807, 2.05) is 11.4 Å². The van der Waals surface area contributed by atoms with Crippen LogP contribution in [0.15, 0.2) is 29.6 Å². The molecule has 0 unspecified atom stereocenters. The van der Waals surface area contributed by atoms with Crippen LogP contribution in [0.25, 0.3) is 0 Å². The predicted molar refractivity (Wildman–Crippen MR) is 106 cm³/mol. The zero-order valence-corrected chi connectivity index (χ0v) is 16.0. The molecule has 2 aliphatic rings. The second-order valence-corrected chi connectivity index (χ2v) is 8.03. The maximum atomic E-state index is 12.5. The monoisotopic (exact) mass is 400 g/mol. The number of thiophene rings is 1. The van der Waals surface area contributed by atoms with Gasteiger partial charge in [0, 0.05) is 35.6 Å². The topological polar surface area (TPSA) is 105 Å². The highest BCUT2D eigenvalue weighted by molar-refractivity contribution is 7.10. The number of nitro benzene ring substituents is 1. The molecule has 1 saturated carbocycles. The molecule has 1 fully saturated rings. The molecular formula is C19H20N4O4S. The van der Waals surface area contributed by atoms with Crippen molar-refractivity contribution >= 4 is 34.5 Å². The fourth-order valence-electron chi connectivity index (χ4n) is 3.21. The quantitative estimate of drug-likeness (QED) is 0.573. The number of hydrogen-bond acceptors (Lipinski definition) is 6. The second kappa shape index (κ2) is 7.59. The van der Waals surface area contributed by atoms with E-state index in [9.17, 15) is 19.7 Å². The van der Waals surface area contributed by atoms with Gasteiger partial charge < -0.3 is 15.5 Å². The molecule has 0 saturated heterocycles. The SMILES string of the molecule is O=C(NC1CC1)c1ccc(NCC(=O)N2CCc3sccc3C2)c([N+](=O)[O-])c1. The summed E-state index contributed by atoms with van der Waals surface area (Å²) in [5, 5.41) is 19.1. The first-order valence-electron chi connectivity index (χ1n) is 9.17. The van der Waals surface area contributed by atoms with Gasteiger partial charge in [-0.05, 0) is 48.4 Å². The van der Waals surface area contributed by atoms with Crippen molar-refractivity contribution in [3.63, 3.8) is 0 Å². The average molecular weight is 400 g/mol. The van der Waals surface area contributed by atoms with Gasteiger partial charge in [-0.1, -0.05) is 0 Å². The van der Waals surface area contributed by atoms with Crippen LogP contribution in [0, 0.1) is 10.1 Å². The van der Waals surface area contributed by atoms with E-state index in [1.54, 1.807) is 16.2 Å². The Balaban J connectivity index is 1.41. The Kier molecular flexibility index (Phi) is 4.99. The van der Waals surface area contributed by atoms with Crippen molar-refractivity contribution in [2.45, 2.75) is 31.8 Å². The summed E-state index contributed by atoms with van der Waals surface area (Å²) in [5.74, 6) is -0.421. The standard InChI is InChI=1S/C19H20N4O4S/c24-18(22-7-5-17-13(11-22)6-8-28-17)10-20-15-4-1-12(9-16(15)23(26)27)19(25)21-14-2-3-14/h1,4,6,8-9,14,20H,2-3,5,7,10-11H2,(H,21,25). The Bertz CT molecular complexity index is 938. The Hall–Kier alpha value is -2.94. The molecule has 0 atom stereocenters. The number of hydrogen-bond donors (Lipinski definition) is 2. The molecule has 0 radical (unpaired) electrons. The fourth-order valence-corrected chi connectivity index (χ4v) is 4.10. The maximum absolute atomic E-state index is 12.5. The van der Waals surface area contributed by atoms with Crippen LogP contribution in [-0.4, -0.2) is 40.8 Å². The number of carbonyl (C=O) groups is 2. The van der Waals surface area contributed by atoms with Crippen LogP contribution >= 0.6 is 11.3 Å². The van der Waals surface area contributed by atoms with Crippen molar-refractivity contribution in [2.75, 3.05) is 18.4 Å². The summed E-state index contributed by atoms with van der Waals surface area (Å²) in [6, 6.07) is 6.48. The van der Waals surface area contributed by atoms with Crippen molar-refractivity contribution in [2.24, 2.45) is 0 Å². The Morgan fingerprint density at radius 3 is 2.86 bits per heavy atom. The third-order valence-corrected chi connectivity index (χ3v) is 5.98. The second-order valence-electron chi connectivity index (χ2n) is 7.02. The summed E-state index contributed by atoms with van der Waals surface area (Å²) < 4.78 is 0. The molecule has 0 bridgehead atoms. The van der Waals surface area contributed by atoms with Crippen LogP contribution in [0.3, 0.4) is 0 Å². The van der Waals surface area contributed by atoms with Gasteiger partial charge in [-0.3, -0.25) is 19.7 Å². The lowest BCUT2D eigenvalue weighted by Gasteiger charge is -2.27. The van der Waals surface area contributed by atoms with E-state index in [4.69, 9.17) is 0 Å². The van der Waals surface area contributed by atoms with Crippen LogP contribution in [0.4, 0.5) is 11.4 Å². The first-order chi connectivity index (χ1) is 13.5. The molecule has 1 aliphatic heterocycles. The zero-order valence-electron chi connectivity index (χ0n) is 15.1. The first kappa shape index (κ1) is 18.4. The molecular weight excluding hydrogens is 380 g/mol. The van der Waals surface area contributed by atoms with E-state index >= 15 is 0 Å². The van der Waals surface area contributed by atoms with Crippen molar-refractivity contribution in [3.05, 3.63) is 55.8 Å². The van der Waals surface area contributed by atoms with Crippen LogP contribution in [0.5, 0.6) is 0 Å². The molecule has 9 heteroatoms. The lowest BCUT2D eigenvalue weighted by molar-refractivity contribution is -0.384. The van der Waals surface area contributed by atoms with Crippen molar-refractivity contribution in [3.8, 4) is 0 Å². The van der Waals surface area contributed by atoms with Gasteiger partial charge in [0.15, 0.2) is 0 Å². The largest absolute Gasteiger partial charge is 0.371 e. The molecule has 1 aromatic heterocycles. The van der Waals surface area contributed by atoms with Gasteiger partial charge >= 0.3 is 0 Å². The minimum Gasteiger partial charge on any atom is -0.371 e. The molecule has 28 heavy (non-hydrogen) atoms. The fraction of sp³-hybridized carbons (Fsp3) is 0.368. The molecule has 2 aromatic rings. The summed E-state index contributed by atoms with van der Waals surface area (Å²) in [6.07, 6.45) is 2.72. The van der Waals surface area contributed by atoms with Crippen molar-refractivity contribution in [1.29, 1.82) is 0 Å². The van der Waals surface area contributed by atoms with E-state index in [1.165, 1.54) is 28.6 Å². The van der Waals surface area contributed by atoms with Crippen LogP contribution in [0.2, 0.25) is 0 Å². The summed E-state index contributed by atoms with van der Waals surface area (Å²) in [4.78, 5) is 38.6. The number of amides is 2. The Morgan fingerprint density at radius 1 is 1.29 bits per heavy atom. The number of rotatable bonds is 6. The number of anilines is 1. The third kappa shape index (κ3) is 3.99. The predicted octanol–water partition coefficient (Wildman–Crippen LogP) is 2.55. The van der Waals surface area contributed by atoms with E-state index in [2.05, 4.69) is 10.6 Å². The van der Waals surface area contributed by atoms with Gasteiger partial charge in [0.05, 0.1) is 11.5 Å². The molecule has 0 spiro atoms. The van der Waals surface area contributed by atoms with Gasteiger partial charge in [0.25, 0.3) is 11.6 Å². The normalized spacial score (nSPS) is 15.6. The summed E-state index contributed by atoms with van der Waals surface area (Å²) in [5.41, 5.74) is 1.43. The first-order valence-corrected chi connectivity index (χ1v) is 10.1. The molecule has 1 aliphatic carbocycles. The van der Waals surface area contributed by atoms with Gasteiger partial charge in [0.1, 0.15) is 5.69 Å². The molecule has 8 nitrogen and oxygen atoms in total. The number of benzene rings is 1. The maximum Gasteiger partial charge on any atom is 0.293 e. The molecule has 2 N–H and O–H groups in total. The highest BCUT2D eigenvalue weighted by Crippen LogP contribution is 2.27. The van der Waals surface area contributed by atoms with E-state index in [0.29, 0.717) is 13.1 Å². The number of nitrogens with one attached hydrogen (secondary N) is 2. The van der Waals surface area contributed by atoms with Crippen molar-refractivity contribution < 1.29 is 14.5 Å². The van der Waals surface area contributed by atoms with Gasteiger partial charge in [-0.15, -0.1) is 11.3 Å². The summed E-state index contributed by atoms with van der Waals surface area (Å²) >= 11 is 1.70. The van der Waals surface area contributed by atoms with Gasteiger partial charge in [0.2, 0.25) is 5.91 Å². The number of carbonyl (C=O) groups excluding carboxylic acids is 2. The lowest BCUT2D eigenvalue weighted by atomic mass is 10.1. The number of nitro groups is 1. The molecule has 2 amide bonds. The van der Waals surface area contributed by atoms with E-state index in [0.717, 1.165) is 19.3 Å². The van der Waals surface area contributed by atoms with E-state index in [-0.39, 0.29) is 41.3 Å². The molecule has 146 valence electrons. The van der Waals surface area contributed by atoms with Crippen LogP contribution in [-0.2, 0) is 17.8 Å². The zero-order chi connectivity index (χ0) is 19.7. The minimum absolute atomic E-state index is 0.0338. The summed E-state index contributed by atoms with van der Waals surface area (Å²) in [7, 11) is 0. The van der Waals surface area contributed by atoms with Gasteiger partial charge in [-0.25, -0.2) is 0 Å². The highest BCUT2D eigenvalue weighted by atomic mass is 32.1. The van der Waals surface area contributed by atoms with E-state index < -0.39 is 4.92 Å². The molecule has 4 rings (SSSR count). The summed E-state index contributed by atoms with van der Waals surface area (Å²) in [6.45, 7) is 1.19. The Labute approximate surface area is 165 Å². The molecule has 2 heterocycles. The number of fused-ring (bicyclic) bond motifs is 1. The van der Waals surface area contributed by atoms with Crippen molar-refractivity contribution in [1.82, 2.24) is 10.2 Å². The van der Waals surface area contributed by atoms with Crippen LogP contribution < -0.4 is 10.6 Å². The Morgan fingerprint density at radius 2 is 2.11 bits per heavy atom. The lowest BCUT2D eigenvalue weighted by Crippen LogP contribution is -2.38. The van der Waals surface area contributed by atoms with Crippen LogP contribution in [0.1, 0.15) is 33.6 Å². The smallest absolute Gasteiger partial charge is 0.293 e.